The summed E-state index contributed by atoms with van der Waals surface area (Å²) in [4.78, 5) is 16.1. The number of hydrogen-bond donors (Lipinski definition) is 1. The van der Waals surface area contributed by atoms with Gasteiger partial charge in [0.2, 0.25) is 5.88 Å². The Morgan fingerprint density at radius 1 is 1.06 bits per heavy atom. The first-order valence-electron chi connectivity index (χ1n) is 9.38. The molecule has 12 heteroatoms. The average Bonchev–Trinajstić information content (AvgIpc) is 2.96. The minimum Gasteiger partial charge on any atom is -0.493 e. The van der Waals surface area contributed by atoms with Crippen molar-refractivity contribution in [2.75, 3.05) is 0 Å². The van der Waals surface area contributed by atoms with Gasteiger partial charge in [0.15, 0.2) is 0 Å². The molecule has 0 bridgehead atoms. The lowest BCUT2D eigenvalue weighted by atomic mass is 10.1. The molecular formula is C21H15F4N3O4S. The highest BCUT2D eigenvalue weighted by molar-refractivity contribution is 7.92. The Labute approximate surface area is 184 Å². The number of nitrogens with zero attached hydrogens (tertiary/aromatic N) is 3. The Kier molecular flexibility index (Phi) is 5.27. The number of halogens is 4. The zero-order valence-corrected chi connectivity index (χ0v) is 17.7. The predicted octanol–water partition coefficient (Wildman–Crippen LogP) is 3.68. The fourth-order valence-corrected chi connectivity index (χ4v) is 4.21. The van der Waals surface area contributed by atoms with Crippen molar-refractivity contribution in [1.82, 2.24) is 14.1 Å². The summed E-state index contributed by atoms with van der Waals surface area (Å²) < 4.78 is 76.9. The van der Waals surface area contributed by atoms with Gasteiger partial charge in [0.05, 0.1) is 28.3 Å². The van der Waals surface area contributed by atoms with Gasteiger partial charge in [-0.2, -0.15) is 13.2 Å². The van der Waals surface area contributed by atoms with E-state index in [1.807, 2.05) is 0 Å². The predicted molar refractivity (Wildman–Crippen MR) is 110 cm³/mol. The number of pyridine rings is 1. The van der Waals surface area contributed by atoms with E-state index in [1.165, 1.54) is 35.9 Å². The summed E-state index contributed by atoms with van der Waals surface area (Å²) in [6.07, 6.45) is 1.45. The van der Waals surface area contributed by atoms with Gasteiger partial charge in [0.25, 0.3) is 9.84 Å². The molecule has 0 spiro atoms. The number of benzene rings is 2. The zero-order chi connectivity index (χ0) is 24.1. The molecule has 2 aromatic heterocycles. The quantitative estimate of drug-likeness (QED) is 0.449. The number of alkyl halides is 3. The van der Waals surface area contributed by atoms with E-state index in [-0.39, 0.29) is 17.9 Å². The minimum atomic E-state index is -5.55. The Bertz CT molecular complexity index is 1540. The molecule has 0 atom stereocenters. The first kappa shape index (κ1) is 22.5. The maximum atomic E-state index is 13.5. The SMILES string of the molecule is Cc1c(O)n(-c2ccc(S(=O)(=O)C(F)(F)F)cc2)c(=O)n1Cc1ccnc2cc(F)ccc12. The lowest BCUT2D eigenvalue weighted by Crippen LogP contribution is -2.25. The van der Waals surface area contributed by atoms with Crippen LogP contribution >= 0.6 is 0 Å². The van der Waals surface area contributed by atoms with Gasteiger partial charge in [-0.3, -0.25) is 9.55 Å². The van der Waals surface area contributed by atoms with Crippen LogP contribution in [0, 0.1) is 12.7 Å². The van der Waals surface area contributed by atoms with Crippen LogP contribution in [0.2, 0.25) is 0 Å². The van der Waals surface area contributed by atoms with Crippen LogP contribution in [-0.4, -0.2) is 33.2 Å². The van der Waals surface area contributed by atoms with E-state index in [0.29, 0.717) is 28.6 Å². The molecule has 2 heterocycles. The van der Waals surface area contributed by atoms with E-state index in [1.54, 1.807) is 6.07 Å². The smallest absolute Gasteiger partial charge is 0.493 e. The number of sulfone groups is 1. The highest BCUT2D eigenvalue weighted by Gasteiger charge is 2.46. The zero-order valence-electron chi connectivity index (χ0n) is 16.8. The maximum Gasteiger partial charge on any atom is 0.501 e. The third-order valence-electron chi connectivity index (χ3n) is 5.20. The average molecular weight is 481 g/mol. The van der Waals surface area contributed by atoms with Gasteiger partial charge in [0, 0.05) is 17.6 Å². The fourth-order valence-electron chi connectivity index (χ4n) is 3.45. The van der Waals surface area contributed by atoms with E-state index < -0.39 is 37.6 Å². The molecule has 0 aliphatic heterocycles. The summed E-state index contributed by atoms with van der Waals surface area (Å²) >= 11 is 0. The van der Waals surface area contributed by atoms with Crippen LogP contribution in [0.4, 0.5) is 17.6 Å². The number of hydrogen-bond acceptors (Lipinski definition) is 5. The third-order valence-corrected chi connectivity index (χ3v) is 6.70. The molecule has 4 aromatic rings. The van der Waals surface area contributed by atoms with Gasteiger partial charge < -0.3 is 5.11 Å². The molecule has 1 N–H and O–H groups in total. The molecule has 0 fully saturated rings. The van der Waals surface area contributed by atoms with Crippen molar-refractivity contribution in [1.29, 1.82) is 0 Å². The van der Waals surface area contributed by atoms with E-state index in [2.05, 4.69) is 4.98 Å². The van der Waals surface area contributed by atoms with Crippen LogP contribution in [-0.2, 0) is 16.4 Å². The van der Waals surface area contributed by atoms with Crippen LogP contribution in [0.3, 0.4) is 0 Å². The molecule has 0 radical (unpaired) electrons. The number of aromatic nitrogens is 3. The van der Waals surface area contributed by atoms with Crippen LogP contribution < -0.4 is 5.69 Å². The van der Waals surface area contributed by atoms with Crippen molar-refractivity contribution < 1.29 is 31.1 Å². The topological polar surface area (TPSA) is 94.2 Å². The Morgan fingerprint density at radius 3 is 2.36 bits per heavy atom. The van der Waals surface area contributed by atoms with E-state index in [4.69, 9.17) is 0 Å². The lowest BCUT2D eigenvalue weighted by molar-refractivity contribution is -0.0436. The molecule has 4 rings (SSSR count). The number of rotatable bonds is 4. The highest BCUT2D eigenvalue weighted by Crippen LogP contribution is 2.31. The molecule has 0 saturated carbocycles. The van der Waals surface area contributed by atoms with Gasteiger partial charge in [-0.15, -0.1) is 0 Å². The summed E-state index contributed by atoms with van der Waals surface area (Å²) in [5.74, 6) is -0.934. The molecule has 172 valence electrons. The van der Waals surface area contributed by atoms with Gasteiger partial charge in [0.1, 0.15) is 5.82 Å². The van der Waals surface area contributed by atoms with Gasteiger partial charge in [-0.25, -0.2) is 22.2 Å². The molecule has 0 unspecified atom stereocenters. The normalized spacial score (nSPS) is 12.4. The van der Waals surface area contributed by atoms with Crippen molar-refractivity contribution in [2.45, 2.75) is 23.9 Å². The first-order valence-corrected chi connectivity index (χ1v) is 10.9. The number of imidazole rings is 1. The summed E-state index contributed by atoms with van der Waals surface area (Å²) in [6, 6.07) is 9.06. The van der Waals surface area contributed by atoms with Crippen molar-refractivity contribution in [2.24, 2.45) is 0 Å². The van der Waals surface area contributed by atoms with Crippen LogP contribution in [0.1, 0.15) is 11.3 Å². The van der Waals surface area contributed by atoms with Gasteiger partial charge in [-0.1, -0.05) is 0 Å². The van der Waals surface area contributed by atoms with E-state index in [9.17, 15) is 35.9 Å². The number of aromatic hydroxyl groups is 1. The van der Waals surface area contributed by atoms with Gasteiger partial charge in [-0.05, 0) is 55.0 Å². The Hall–Kier alpha value is -3.67. The Balaban J connectivity index is 1.77. The van der Waals surface area contributed by atoms with Crippen molar-refractivity contribution in [3.8, 4) is 11.6 Å². The monoisotopic (exact) mass is 481 g/mol. The summed E-state index contributed by atoms with van der Waals surface area (Å²) in [6.45, 7) is 1.47. The van der Waals surface area contributed by atoms with Gasteiger partial charge >= 0.3 is 11.2 Å². The molecule has 0 aliphatic rings. The van der Waals surface area contributed by atoms with Crippen LogP contribution in [0.15, 0.2) is 64.4 Å². The standard InChI is InChI=1S/C21H15F4N3O4S/c1-12-19(29)28(15-3-5-16(6-4-15)33(31,32)21(23,24)25)20(30)27(12)11-13-8-9-26-18-10-14(22)2-7-17(13)18/h2-10,29H,11H2,1H3. The van der Waals surface area contributed by atoms with Crippen molar-refractivity contribution >= 4 is 20.7 Å². The van der Waals surface area contributed by atoms with E-state index >= 15 is 0 Å². The molecule has 0 amide bonds. The largest absolute Gasteiger partial charge is 0.501 e. The maximum absolute atomic E-state index is 13.5. The molecule has 33 heavy (non-hydrogen) atoms. The third kappa shape index (κ3) is 3.75. The van der Waals surface area contributed by atoms with Crippen LogP contribution in [0.25, 0.3) is 16.6 Å². The highest BCUT2D eigenvalue weighted by atomic mass is 32.2. The fraction of sp³-hybridized carbons (Fsp3) is 0.143. The molecule has 7 nitrogen and oxygen atoms in total. The van der Waals surface area contributed by atoms with Crippen molar-refractivity contribution in [3.05, 3.63) is 82.3 Å². The summed E-state index contributed by atoms with van der Waals surface area (Å²) in [5, 5.41) is 11.1. The molecule has 0 saturated heterocycles. The summed E-state index contributed by atoms with van der Waals surface area (Å²) in [5.41, 5.74) is -5.04. The second-order valence-electron chi connectivity index (χ2n) is 7.19. The summed E-state index contributed by atoms with van der Waals surface area (Å²) in [7, 11) is -5.55. The van der Waals surface area contributed by atoms with E-state index in [0.717, 1.165) is 16.7 Å². The number of fused-ring (bicyclic) bond motifs is 1. The minimum absolute atomic E-state index is 0.00356. The Morgan fingerprint density at radius 2 is 1.73 bits per heavy atom. The molecular weight excluding hydrogens is 466 g/mol. The molecule has 2 aromatic carbocycles. The second kappa shape index (κ2) is 7.73. The van der Waals surface area contributed by atoms with Crippen LogP contribution in [0.5, 0.6) is 5.88 Å². The lowest BCUT2D eigenvalue weighted by Gasteiger charge is -2.09. The second-order valence-corrected chi connectivity index (χ2v) is 9.13. The first-order chi connectivity index (χ1) is 15.4. The molecule has 0 aliphatic carbocycles. The van der Waals surface area contributed by atoms with Crippen molar-refractivity contribution in [3.63, 3.8) is 0 Å².